The molecule has 0 aromatic carbocycles. The molecule has 0 unspecified atom stereocenters. The van der Waals surface area contributed by atoms with Gasteiger partial charge in [-0.05, 0) is 67.0 Å². The highest BCUT2D eigenvalue weighted by atomic mass is 35.5. The SMILES string of the molecule is Clc1ccc(C=C(CNC2CC2)C2CCCCC2)o1. The Balaban J connectivity index is 1.71. The molecule has 3 heteroatoms. The summed E-state index contributed by atoms with van der Waals surface area (Å²) in [7, 11) is 0. The zero-order chi connectivity index (χ0) is 13.1. The van der Waals surface area contributed by atoms with E-state index in [0.717, 1.165) is 24.3 Å². The van der Waals surface area contributed by atoms with Gasteiger partial charge in [-0.3, -0.25) is 0 Å². The first kappa shape index (κ1) is 13.3. The van der Waals surface area contributed by atoms with Gasteiger partial charge in [-0.1, -0.05) is 19.3 Å². The fraction of sp³-hybridized carbons (Fsp3) is 0.625. The van der Waals surface area contributed by atoms with Crippen molar-refractivity contribution in [2.45, 2.75) is 51.0 Å². The predicted octanol–water partition coefficient (Wildman–Crippen LogP) is 4.65. The molecule has 3 rings (SSSR count). The van der Waals surface area contributed by atoms with E-state index in [1.54, 1.807) is 0 Å². The van der Waals surface area contributed by atoms with Crippen molar-refractivity contribution >= 4 is 17.7 Å². The molecule has 1 aromatic heterocycles. The molecule has 0 amide bonds. The van der Waals surface area contributed by atoms with Crippen molar-refractivity contribution in [2.24, 2.45) is 5.92 Å². The van der Waals surface area contributed by atoms with Crippen LogP contribution in [0.1, 0.15) is 50.7 Å². The summed E-state index contributed by atoms with van der Waals surface area (Å²) < 4.78 is 5.49. The summed E-state index contributed by atoms with van der Waals surface area (Å²) in [5.41, 5.74) is 1.50. The molecule has 1 aromatic rings. The molecule has 0 saturated heterocycles. The zero-order valence-electron chi connectivity index (χ0n) is 11.3. The molecule has 2 nitrogen and oxygen atoms in total. The summed E-state index contributed by atoms with van der Waals surface area (Å²) in [5, 5.41) is 4.11. The maximum Gasteiger partial charge on any atom is 0.193 e. The summed E-state index contributed by atoms with van der Waals surface area (Å²) in [6, 6.07) is 4.54. The minimum Gasteiger partial charge on any atom is -0.445 e. The van der Waals surface area contributed by atoms with Crippen molar-refractivity contribution < 1.29 is 4.42 Å². The van der Waals surface area contributed by atoms with E-state index < -0.39 is 0 Å². The Hall–Kier alpha value is -0.730. The van der Waals surface area contributed by atoms with E-state index in [-0.39, 0.29) is 0 Å². The van der Waals surface area contributed by atoms with Gasteiger partial charge in [-0.2, -0.15) is 0 Å². The van der Waals surface area contributed by atoms with Crippen LogP contribution in [0.5, 0.6) is 0 Å². The van der Waals surface area contributed by atoms with Gasteiger partial charge in [-0.25, -0.2) is 0 Å². The largest absolute Gasteiger partial charge is 0.445 e. The molecule has 2 fully saturated rings. The second-order valence-electron chi connectivity index (χ2n) is 5.85. The number of halogens is 1. The third-order valence-electron chi connectivity index (χ3n) is 4.22. The van der Waals surface area contributed by atoms with E-state index in [1.165, 1.54) is 50.5 Å². The summed E-state index contributed by atoms with van der Waals surface area (Å²) in [5.74, 6) is 1.62. The molecular weight excluding hydrogens is 258 g/mol. The molecule has 0 spiro atoms. The Morgan fingerprint density at radius 1 is 1.21 bits per heavy atom. The van der Waals surface area contributed by atoms with Crippen LogP contribution >= 0.6 is 11.6 Å². The van der Waals surface area contributed by atoms with Crippen LogP contribution in [0.15, 0.2) is 22.1 Å². The average molecular weight is 280 g/mol. The summed E-state index contributed by atoms with van der Waals surface area (Å²) >= 11 is 5.86. The van der Waals surface area contributed by atoms with Crippen molar-refractivity contribution in [3.05, 3.63) is 28.7 Å². The molecular formula is C16H22ClNO. The maximum absolute atomic E-state index is 5.86. The van der Waals surface area contributed by atoms with Crippen LogP contribution in [0.4, 0.5) is 0 Å². The number of nitrogens with one attached hydrogen (secondary N) is 1. The van der Waals surface area contributed by atoms with E-state index in [9.17, 15) is 0 Å². The van der Waals surface area contributed by atoms with E-state index in [1.807, 2.05) is 12.1 Å². The molecule has 19 heavy (non-hydrogen) atoms. The smallest absolute Gasteiger partial charge is 0.193 e. The summed E-state index contributed by atoms with van der Waals surface area (Å²) in [4.78, 5) is 0. The molecule has 1 heterocycles. The Labute approximate surface area is 120 Å². The number of hydrogen-bond acceptors (Lipinski definition) is 2. The number of hydrogen-bond donors (Lipinski definition) is 1. The van der Waals surface area contributed by atoms with Gasteiger partial charge in [0.15, 0.2) is 5.22 Å². The van der Waals surface area contributed by atoms with Gasteiger partial charge in [0.05, 0.1) is 0 Å². The van der Waals surface area contributed by atoms with Gasteiger partial charge in [0.1, 0.15) is 5.76 Å². The quantitative estimate of drug-likeness (QED) is 0.849. The van der Waals surface area contributed by atoms with E-state index in [4.69, 9.17) is 16.0 Å². The lowest BCUT2D eigenvalue weighted by Crippen LogP contribution is -2.23. The maximum atomic E-state index is 5.86. The van der Waals surface area contributed by atoms with Gasteiger partial charge in [0, 0.05) is 12.6 Å². The average Bonchev–Trinajstić information content (AvgIpc) is 3.18. The Kier molecular flexibility index (Phi) is 4.29. The lowest BCUT2D eigenvalue weighted by atomic mass is 9.83. The lowest BCUT2D eigenvalue weighted by Gasteiger charge is -2.24. The first-order chi connectivity index (χ1) is 9.31. The summed E-state index contributed by atoms with van der Waals surface area (Å²) in [6.07, 6.45) is 11.7. The normalized spacial score (nSPS) is 21.8. The highest BCUT2D eigenvalue weighted by molar-refractivity contribution is 6.28. The molecule has 0 bridgehead atoms. The van der Waals surface area contributed by atoms with Crippen molar-refractivity contribution in [2.75, 3.05) is 6.54 Å². The van der Waals surface area contributed by atoms with E-state index in [0.29, 0.717) is 5.22 Å². The van der Waals surface area contributed by atoms with Crippen LogP contribution < -0.4 is 5.32 Å². The lowest BCUT2D eigenvalue weighted by molar-refractivity contribution is 0.396. The fourth-order valence-corrected chi connectivity index (χ4v) is 3.08. The van der Waals surface area contributed by atoms with Crippen LogP contribution in [0, 0.1) is 5.92 Å². The summed E-state index contributed by atoms with van der Waals surface area (Å²) in [6.45, 7) is 1.01. The second-order valence-corrected chi connectivity index (χ2v) is 6.22. The Bertz CT molecular complexity index is 441. The van der Waals surface area contributed by atoms with Crippen LogP contribution in [-0.2, 0) is 0 Å². The molecule has 104 valence electrons. The van der Waals surface area contributed by atoms with Crippen molar-refractivity contribution in [1.82, 2.24) is 5.32 Å². The molecule has 0 aliphatic heterocycles. The van der Waals surface area contributed by atoms with Gasteiger partial charge < -0.3 is 9.73 Å². The van der Waals surface area contributed by atoms with Crippen molar-refractivity contribution in [3.63, 3.8) is 0 Å². The Morgan fingerprint density at radius 3 is 2.63 bits per heavy atom. The monoisotopic (exact) mass is 279 g/mol. The third-order valence-corrected chi connectivity index (χ3v) is 4.43. The van der Waals surface area contributed by atoms with Crippen LogP contribution in [0.3, 0.4) is 0 Å². The fourth-order valence-electron chi connectivity index (χ4n) is 2.92. The van der Waals surface area contributed by atoms with Crippen molar-refractivity contribution in [3.8, 4) is 0 Å². The first-order valence-corrected chi connectivity index (χ1v) is 7.88. The first-order valence-electron chi connectivity index (χ1n) is 7.50. The van der Waals surface area contributed by atoms with Crippen molar-refractivity contribution in [1.29, 1.82) is 0 Å². The van der Waals surface area contributed by atoms with Crippen LogP contribution in [0.2, 0.25) is 5.22 Å². The minimum atomic E-state index is 0.476. The number of furan rings is 1. The highest BCUT2D eigenvalue weighted by Crippen LogP contribution is 2.31. The number of rotatable bonds is 5. The predicted molar refractivity (Wildman–Crippen MR) is 79.3 cm³/mol. The topological polar surface area (TPSA) is 25.2 Å². The van der Waals surface area contributed by atoms with Gasteiger partial charge >= 0.3 is 0 Å². The molecule has 2 aliphatic rings. The van der Waals surface area contributed by atoms with E-state index in [2.05, 4.69) is 11.4 Å². The highest BCUT2D eigenvalue weighted by Gasteiger charge is 2.23. The molecule has 0 radical (unpaired) electrons. The Morgan fingerprint density at radius 2 is 2.00 bits per heavy atom. The molecule has 2 saturated carbocycles. The van der Waals surface area contributed by atoms with E-state index >= 15 is 0 Å². The molecule has 0 atom stereocenters. The third kappa shape index (κ3) is 3.87. The molecule has 1 N–H and O–H groups in total. The standard InChI is InChI=1S/C16H22ClNO/c17-16-9-8-15(19-16)10-13(11-18-14-6-7-14)12-4-2-1-3-5-12/h8-10,12,14,18H,1-7,11H2. The van der Waals surface area contributed by atoms with Crippen LogP contribution in [0.25, 0.3) is 6.08 Å². The van der Waals surface area contributed by atoms with Gasteiger partial charge in [-0.15, -0.1) is 0 Å². The van der Waals surface area contributed by atoms with Gasteiger partial charge in [0.2, 0.25) is 0 Å². The molecule has 2 aliphatic carbocycles. The van der Waals surface area contributed by atoms with Crippen LogP contribution in [-0.4, -0.2) is 12.6 Å². The zero-order valence-corrected chi connectivity index (χ0v) is 12.1. The minimum absolute atomic E-state index is 0.476. The van der Waals surface area contributed by atoms with Gasteiger partial charge in [0.25, 0.3) is 0 Å². The second kappa shape index (κ2) is 6.15.